The van der Waals surface area contributed by atoms with Gasteiger partial charge in [-0.2, -0.15) is 0 Å². The molecule has 38 heavy (non-hydrogen) atoms. The van der Waals surface area contributed by atoms with Gasteiger partial charge in [0.25, 0.3) is 0 Å². The molecule has 2 bridgehead atoms. The minimum atomic E-state index is -1.14. The highest BCUT2D eigenvalue weighted by atomic mass is 16.6. The minimum absolute atomic E-state index is 0.0626. The molecule has 3 fully saturated rings. The molecule has 206 valence electrons. The Hall–Kier alpha value is -2.97. The Morgan fingerprint density at radius 3 is 2.63 bits per heavy atom. The molecule has 3 aliphatic rings. The van der Waals surface area contributed by atoms with Gasteiger partial charge in [0.05, 0.1) is 18.1 Å². The number of amides is 2. The van der Waals surface area contributed by atoms with Crippen LogP contribution in [0, 0.1) is 17.8 Å². The highest BCUT2D eigenvalue weighted by Gasteiger charge is 2.80. The van der Waals surface area contributed by atoms with Crippen LogP contribution in [0.15, 0.2) is 55.6 Å². The summed E-state index contributed by atoms with van der Waals surface area (Å²) >= 11 is 0. The first-order valence-corrected chi connectivity index (χ1v) is 13.6. The Balaban J connectivity index is 1.71. The van der Waals surface area contributed by atoms with Crippen LogP contribution in [0.25, 0.3) is 0 Å². The number of rotatable bonds is 13. The van der Waals surface area contributed by atoms with E-state index in [1.54, 1.807) is 22.0 Å². The molecule has 0 radical (unpaired) electrons. The molecule has 6 atom stereocenters. The second-order valence-electron chi connectivity index (χ2n) is 10.9. The van der Waals surface area contributed by atoms with Crippen molar-refractivity contribution in [3.8, 4) is 0 Å². The van der Waals surface area contributed by atoms with Crippen LogP contribution in [-0.2, 0) is 30.4 Å². The van der Waals surface area contributed by atoms with Gasteiger partial charge in [-0.05, 0) is 44.1 Å². The van der Waals surface area contributed by atoms with E-state index in [9.17, 15) is 19.5 Å². The Bertz CT molecular complexity index is 1060. The lowest BCUT2D eigenvalue weighted by Crippen LogP contribution is -2.56. The third kappa shape index (κ3) is 4.69. The summed E-state index contributed by atoms with van der Waals surface area (Å²) in [6.45, 7) is 12.4. The summed E-state index contributed by atoms with van der Waals surface area (Å²) in [5.74, 6) is -2.65. The molecule has 4 rings (SSSR count). The van der Waals surface area contributed by atoms with E-state index in [0.29, 0.717) is 32.4 Å². The van der Waals surface area contributed by atoms with Crippen LogP contribution in [-0.4, -0.2) is 76.2 Å². The molecule has 3 unspecified atom stereocenters. The lowest BCUT2D eigenvalue weighted by molar-refractivity contribution is -0.162. The Labute approximate surface area is 225 Å². The Morgan fingerprint density at radius 1 is 1.24 bits per heavy atom. The number of carbonyl (C=O) groups excluding carboxylic acids is 3. The van der Waals surface area contributed by atoms with Crippen molar-refractivity contribution in [3.05, 3.63) is 61.2 Å². The molecule has 1 spiro atoms. The van der Waals surface area contributed by atoms with Gasteiger partial charge in [0.1, 0.15) is 17.6 Å². The maximum atomic E-state index is 14.3. The van der Waals surface area contributed by atoms with Crippen molar-refractivity contribution in [2.45, 2.75) is 63.3 Å². The summed E-state index contributed by atoms with van der Waals surface area (Å²) in [5.41, 5.74) is -1.10. The zero-order valence-corrected chi connectivity index (χ0v) is 22.5. The number of benzene rings is 1. The van der Waals surface area contributed by atoms with Gasteiger partial charge in [-0.3, -0.25) is 14.4 Å². The molecule has 3 aliphatic heterocycles. The molecule has 1 N–H and O–H groups in total. The van der Waals surface area contributed by atoms with Crippen LogP contribution in [0.2, 0.25) is 0 Å². The Kier molecular flexibility index (Phi) is 8.43. The number of ether oxygens (including phenoxy) is 2. The quantitative estimate of drug-likeness (QED) is 0.242. The first kappa shape index (κ1) is 28.0. The smallest absolute Gasteiger partial charge is 0.312 e. The number of fused-ring (bicyclic) bond motifs is 1. The van der Waals surface area contributed by atoms with E-state index in [-0.39, 0.29) is 37.5 Å². The molecule has 1 aromatic rings. The van der Waals surface area contributed by atoms with Crippen LogP contribution in [0.1, 0.15) is 45.1 Å². The van der Waals surface area contributed by atoms with Crippen LogP contribution in [0.5, 0.6) is 0 Å². The SMILES string of the molecule is C=CCCCOC(=O)[C@H]1[C@H]2C(=O)N(CCCO)C(C(=O)N(CC=C)Cc3ccccc3)C23CC(C)[C@]1(C)O3. The van der Waals surface area contributed by atoms with Crippen LogP contribution < -0.4 is 0 Å². The molecule has 2 amide bonds. The average molecular weight is 525 g/mol. The molecule has 0 aliphatic carbocycles. The number of esters is 1. The van der Waals surface area contributed by atoms with E-state index < -0.39 is 35.0 Å². The number of nitrogens with zero attached hydrogens (tertiary/aromatic N) is 2. The zero-order chi connectivity index (χ0) is 27.5. The normalized spacial score (nSPS) is 31.2. The molecule has 8 heteroatoms. The summed E-state index contributed by atoms with van der Waals surface area (Å²) in [7, 11) is 0. The maximum absolute atomic E-state index is 14.3. The first-order valence-electron chi connectivity index (χ1n) is 13.6. The number of aliphatic hydroxyl groups is 1. The van der Waals surface area contributed by atoms with E-state index in [1.165, 1.54) is 0 Å². The number of allylic oxidation sites excluding steroid dienone is 1. The van der Waals surface area contributed by atoms with E-state index in [2.05, 4.69) is 13.2 Å². The number of hydrogen-bond donors (Lipinski definition) is 1. The number of unbranched alkanes of at least 4 members (excludes halogenated alkanes) is 1. The van der Waals surface area contributed by atoms with Crippen molar-refractivity contribution < 1.29 is 29.0 Å². The Morgan fingerprint density at radius 2 is 1.97 bits per heavy atom. The largest absolute Gasteiger partial charge is 0.465 e. The molecule has 0 aromatic heterocycles. The summed E-state index contributed by atoms with van der Waals surface area (Å²) in [6, 6.07) is 8.76. The second kappa shape index (κ2) is 11.4. The van der Waals surface area contributed by atoms with Gasteiger partial charge in [0.15, 0.2) is 0 Å². The van der Waals surface area contributed by atoms with Gasteiger partial charge in [0.2, 0.25) is 11.8 Å². The fourth-order valence-electron chi connectivity index (χ4n) is 6.71. The van der Waals surface area contributed by atoms with E-state index >= 15 is 0 Å². The number of likely N-dealkylation sites (tertiary alicyclic amines) is 1. The predicted molar refractivity (Wildman–Crippen MR) is 143 cm³/mol. The second-order valence-corrected chi connectivity index (χ2v) is 10.9. The van der Waals surface area contributed by atoms with E-state index in [4.69, 9.17) is 9.47 Å². The molecule has 3 heterocycles. The van der Waals surface area contributed by atoms with Crippen LogP contribution in [0.4, 0.5) is 0 Å². The van der Waals surface area contributed by atoms with E-state index in [1.807, 2.05) is 44.2 Å². The lowest BCUT2D eigenvalue weighted by atomic mass is 9.62. The monoisotopic (exact) mass is 524 g/mol. The zero-order valence-electron chi connectivity index (χ0n) is 22.5. The van der Waals surface area contributed by atoms with Crippen molar-refractivity contribution >= 4 is 17.8 Å². The minimum Gasteiger partial charge on any atom is -0.465 e. The summed E-state index contributed by atoms with van der Waals surface area (Å²) in [4.78, 5) is 45.0. The van der Waals surface area contributed by atoms with Gasteiger partial charge in [0, 0.05) is 26.2 Å². The molecule has 1 aromatic carbocycles. The van der Waals surface area contributed by atoms with Gasteiger partial charge in [-0.25, -0.2) is 0 Å². The average Bonchev–Trinajstić information content (AvgIpc) is 3.41. The van der Waals surface area contributed by atoms with Gasteiger partial charge >= 0.3 is 5.97 Å². The van der Waals surface area contributed by atoms with Crippen LogP contribution in [0.3, 0.4) is 0 Å². The highest BCUT2D eigenvalue weighted by Crippen LogP contribution is 2.65. The number of aliphatic hydroxyl groups excluding tert-OH is 1. The van der Waals surface area contributed by atoms with Crippen molar-refractivity contribution in [1.82, 2.24) is 9.80 Å². The fourth-order valence-corrected chi connectivity index (χ4v) is 6.71. The standard InChI is InChI=1S/C30H40N2O6/c1-5-7-11-18-37-28(36)24-23-26(34)32(16-12-17-33)25(30(23)19-21(3)29(24,4)38-30)27(35)31(15-6-2)20-22-13-9-8-10-14-22/h5-6,8-10,13-14,21,23-25,33H,1-2,7,11-12,15-20H2,3-4H3/t21?,23-,24+,25?,29-,30?/m0/s1. The third-order valence-electron chi connectivity index (χ3n) is 8.53. The molecule has 3 saturated heterocycles. The predicted octanol–water partition coefficient (Wildman–Crippen LogP) is 3.10. The van der Waals surface area contributed by atoms with Crippen molar-refractivity contribution in [1.29, 1.82) is 0 Å². The van der Waals surface area contributed by atoms with Gasteiger partial charge in [-0.15, -0.1) is 13.2 Å². The van der Waals surface area contributed by atoms with Crippen molar-refractivity contribution in [2.75, 3.05) is 26.3 Å². The number of carbonyl (C=O) groups is 3. The van der Waals surface area contributed by atoms with Crippen molar-refractivity contribution in [3.63, 3.8) is 0 Å². The molecular weight excluding hydrogens is 484 g/mol. The summed E-state index contributed by atoms with van der Waals surface area (Å²) in [6.07, 6.45) is 5.62. The molecule has 8 nitrogen and oxygen atoms in total. The topological polar surface area (TPSA) is 96.4 Å². The summed E-state index contributed by atoms with van der Waals surface area (Å²) < 4.78 is 12.4. The van der Waals surface area contributed by atoms with Gasteiger partial charge in [-0.1, -0.05) is 49.4 Å². The fraction of sp³-hybridized carbons (Fsp3) is 0.567. The molecular formula is C30H40N2O6. The number of hydrogen-bond acceptors (Lipinski definition) is 6. The highest BCUT2D eigenvalue weighted by molar-refractivity contribution is 5.98. The maximum Gasteiger partial charge on any atom is 0.312 e. The first-order chi connectivity index (χ1) is 18.2. The third-order valence-corrected chi connectivity index (χ3v) is 8.53. The van der Waals surface area contributed by atoms with Crippen LogP contribution >= 0.6 is 0 Å². The van der Waals surface area contributed by atoms with E-state index in [0.717, 1.165) is 12.0 Å². The lowest BCUT2D eigenvalue weighted by Gasteiger charge is -2.37. The van der Waals surface area contributed by atoms with Gasteiger partial charge < -0.3 is 24.4 Å². The summed E-state index contributed by atoms with van der Waals surface area (Å²) in [5, 5.41) is 9.56. The molecule has 0 saturated carbocycles. The van der Waals surface area contributed by atoms with Crippen molar-refractivity contribution in [2.24, 2.45) is 17.8 Å².